The summed E-state index contributed by atoms with van der Waals surface area (Å²) in [6.07, 6.45) is 0. The summed E-state index contributed by atoms with van der Waals surface area (Å²) in [5.74, 6) is 0. The van der Waals surface area contributed by atoms with Crippen LogP contribution in [0.3, 0.4) is 0 Å². The number of rotatable bonds is 5. The van der Waals surface area contributed by atoms with Crippen LogP contribution in [0.25, 0.3) is 10.9 Å². The lowest BCUT2D eigenvalue weighted by Crippen LogP contribution is -2.40. The van der Waals surface area contributed by atoms with Gasteiger partial charge in [0.25, 0.3) is 5.56 Å². The Bertz CT molecular complexity index is 690. The van der Waals surface area contributed by atoms with Crippen molar-refractivity contribution >= 4 is 10.9 Å². The number of morpholine rings is 1. The highest BCUT2D eigenvalue weighted by Gasteiger charge is 2.09. The Morgan fingerprint density at radius 2 is 2.09 bits per heavy atom. The second-order valence-corrected chi connectivity index (χ2v) is 5.85. The minimum atomic E-state index is -0.00280. The Morgan fingerprint density at radius 1 is 1.27 bits per heavy atom. The highest BCUT2D eigenvalue weighted by atomic mass is 16.5. The van der Waals surface area contributed by atoms with Crippen molar-refractivity contribution in [3.05, 3.63) is 45.7 Å². The minimum Gasteiger partial charge on any atom is -0.379 e. The topological polar surface area (TPSA) is 57.4 Å². The van der Waals surface area contributed by atoms with E-state index in [4.69, 9.17) is 4.74 Å². The molecular formula is C17H23N3O2. The number of aromatic amines is 1. The molecule has 0 aliphatic carbocycles. The maximum atomic E-state index is 12.1. The number of aromatic nitrogens is 1. The van der Waals surface area contributed by atoms with Gasteiger partial charge in [0.05, 0.1) is 13.2 Å². The molecule has 1 fully saturated rings. The molecule has 3 rings (SSSR count). The van der Waals surface area contributed by atoms with Gasteiger partial charge in [-0.25, -0.2) is 0 Å². The van der Waals surface area contributed by atoms with Crippen molar-refractivity contribution in [3.8, 4) is 0 Å². The Morgan fingerprint density at radius 3 is 2.91 bits per heavy atom. The Kier molecular flexibility index (Phi) is 4.87. The zero-order valence-corrected chi connectivity index (χ0v) is 13.0. The Balaban J connectivity index is 1.58. The van der Waals surface area contributed by atoms with E-state index in [1.165, 1.54) is 0 Å². The van der Waals surface area contributed by atoms with Crippen molar-refractivity contribution in [2.45, 2.75) is 13.5 Å². The second kappa shape index (κ2) is 7.05. The standard InChI is InChI=1S/C17H23N3O2/c1-13-2-3-14-11-15(17(21)19-16(14)10-13)12-18-4-5-20-6-8-22-9-7-20/h2-3,10-11,18H,4-9,12H2,1H3,(H,19,21). The van der Waals surface area contributed by atoms with Crippen molar-refractivity contribution in [2.75, 3.05) is 39.4 Å². The number of nitrogens with one attached hydrogen (secondary N) is 2. The van der Waals surface area contributed by atoms with E-state index in [0.717, 1.165) is 61.4 Å². The fourth-order valence-corrected chi connectivity index (χ4v) is 2.78. The van der Waals surface area contributed by atoms with Crippen molar-refractivity contribution in [1.82, 2.24) is 15.2 Å². The largest absolute Gasteiger partial charge is 0.379 e. The van der Waals surface area contributed by atoms with E-state index >= 15 is 0 Å². The number of hydrogen-bond donors (Lipinski definition) is 2. The number of nitrogens with zero attached hydrogens (tertiary/aromatic N) is 1. The first-order valence-electron chi connectivity index (χ1n) is 7.86. The normalized spacial score (nSPS) is 16.2. The summed E-state index contributed by atoms with van der Waals surface area (Å²) in [4.78, 5) is 17.5. The van der Waals surface area contributed by atoms with Crippen LogP contribution in [0.4, 0.5) is 0 Å². The highest BCUT2D eigenvalue weighted by Crippen LogP contribution is 2.12. The van der Waals surface area contributed by atoms with Gasteiger partial charge in [-0.1, -0.05) is 12.1 Å². The zero-order valence-electron chi connectivity index (χ0n) is 13.0. The molecule has 0 spiro atoms. The van der Waals surface area contributed by atoms with E-state index < -0.39 is 0 Å². The number of aryl methyl sites for hydroxylation is 1. The molecule has 0 amide bonds. The summed E-state index contributed by atoms with van der Waals surface area (Å²) < 4.78 is 5.33. The SMILES string of the molecule is Cc1ccc2cc(CNCCN3CCOCC3)c(=O)[nH]c2c1. The van der Waals surface area contributed by atoms with Crippen LogP contribution in [0.5, 0.6) is 0 Å². The van der Waals surface area contributed by atoms with Gasteiger partial charge in [-0.3, -0.25) is 9.69 Å². The summed E-state index contributed by atoms with van der Waals surface area (Å²) in [6.45, 7) is 8.14. The molecule has 22 heavy (non-hydrogen) atoms. The van der Waals surface area contributed by atoms with Crippen LogP contribution in [-0.4, -0.2) is 49.3 Å². The summed E-state index contributed by atoms with van der Waals surface area (Å²) >= 11 is 0. The third-order valence-corrected chi connectivity index (χ3v) is 4.10. The average Bonchev–Trinajstić information content (AvgIpc) is 2.53. The van der Waals surface area contributed by atoms with Gasteiger partial charge in [-0.05, 0) is 30.0 Å². The first kappa shape index (κ1) is 15.2. The average molecular weight is 301 g/mol. The van der Waals surface area contributed by atoms with E-state index in [1.807, 2.05) is 19.1 Å². The number of H-pyrrole nitrogens is 1. The summed E-state index contributed by atoms with van der Waals surface area (Å²) in [7, 11) is 0. The van der Waals surface area contributed by atoms with Gasteiger partial charge in [-0.15, -0.1) is 0 Å². The molecule has 5 heteroatoms. The van der Waals surface area contributed by atoms with E-state index in [-0.39, 0.29) is 5.56 Å². The summed E-state index contributed by atoms with van der Waals surface area (Å²) in [5.41, 5.74) is 2.84. The molecule has 1 aromatic carbocycles. The van der Waals surface area contributed by atoms with Crippen molar-refractivity contribution in [3.63, 3.8) is 0 Å². The molecule has 0 atom stereocenters. The maximum absolute atomic E-state index is 12.1. The van der Waals surface area contributed by atoms with Crippen molar-refractivity contribution < 1.29 is 4.74 Å². The molecular weight excluding hydrogens is 278 g/mol. The first-order valence-corrected chi connectivity index (χ1v) is 7.86. The van der Waals surface area contributed by atoms with Gasteiger partial charge in [0, 0.05) is 43.8 Å². The molecule has 2 N–H and O–H groups in total. The smallest absolute Gasteiger partial charge is 0.252 e. The quantitative estimate of drug-likeness (QED) is 0.816. The number of benzene rings is 1. The van der Waals surface area contributed by atoms with Crippen LogP contribution in [0.15, 0.2) is 29.1 Å². The molecule has 2 heterocycles. The van der Waals surface area contributed by atoms with Crippen molar-refractivity contribution in [2.24, 2.45) is 0 Å². The predicted molar refractivity (Wildman–Crippen MR) is 88.3 cm³/mol. The predicted octanol–water partition coefficient (Wildman–Crippen LogP) is 1.26. The maximum Gasteiger partial charge on any atom is 0.252 e. The van der Waals surface area contributed by atoms with Gasteiger partial charge in [0.2, 0.25) is 0 Å². The van der Waals surface area contributed by atoms with Crippen LogP contribution in [0.1, 0.15) is 11.1 Å². The zero-order chi connectivity index (χ0) is 15.4. The minimum absolute atomic E-state index is 0.00280. The molecule has 5 nitrogen and oxygen atoms in total. The molecule has 0 bridgehead atoms. The Labute approximate surface area is 130 Å². The molecule has 0 unspecified atom stereocenters. The molecule has 1 aromatic heterocycles. The third kappa shape index (κ3) is 3.74. The summed E-state index contributed by atoms with van der Waals surface area (Å²) in [5, 5.41) is 4.44. The van der Waals surface area contributed by atoms with Gasteiger partial charge < -0.3 is 15.0 Å². The van der Waals surface area contributed by atoms with Crippen LogP contribution in [-0.2, 0) is 11.3 Å². The number of ether oxygens (including phenoxy) is 1. The van der Waals surface area contributed by atoms with Gasteiger partial charge >= 0.3 is 0 Å². The molecule has 0 saturated carbocycles. The second-order valence-electron chi connectivity index (χ2n) is 5.85. The van der Waals surface area contributed by atoms with E-state index in [1.54, 1.807) is 0 Å². The van der Waals surface area contributed by atoms with Crippen LogP contribution >= 0.6 is 0 Å². The van der Waals surface area contributed by atoms with Gasteiger partial charge in [-0.2, -0.15) is 0 Å². The first-order chi connectivity index (χ1) is 10.7. The van der Waals surface area contributed by atoms with Crippen LogP contribution in [0, 0.1) is 6.92 Å². The number of hydrogen-bond acceptors (Lipinski definition) is 4. The van der Waals surface area contributed by atoms with Crippen LogP contribution in [0.2, 0.25) is 0 Å². The van der Waals surface area contributed by atoms with Crippen LogP contribution < -0.4 is 10.9 Å². The fraction of sp³-hybridized carbons (Fsp3) is 0.471. The number of fused-ring (bicyclic) bond motifs is 1. The van der Waals surface area contributed by atoms with Gasteiger partial charge in [0.1, 0.15) is 0 Å². The highest BCUT2D eigenvalue weighted by molar-refractivity contribution is 5.79. The summed E-state index contributed by atoms with van der Waals surface area (Å²) in [6, 6.07) is 8.11. The monoisotopic (exact) mass is 301 g/mol. The van der Waals surface area contributed by atoms with E-state index in [0.29, 0.717) is 6.54 Å². The molecule has 118 valence electrons. The number of pyridine rings is 1. The molecule has 1 aliphatic heterocycles. The third-order valence-electron chi connectivity index (χ3n) is 4.10. The molecule has 1 aliphatic rings. The van der Waals surface area contributed by atoms with Gasteiger partial charge in [0.15, 0.2) is 0 Å². The lowest BCUT2D eigenvalue weighted by Gasteiger charge is -2.26. The molecule has 0 radical (unpaired) electrons. The molecule has 2 aromatic rings. The van der Waals surface area contributed by atoms with E-state index in [9.17, 15) is 4.79 Å². The van der Waals surface area contributed by atoms with E-state index in [2.05, 4.69) is 27.3 Å². The lowest BCUT2D eigenvalue weighted by molar-refractivity contribution is 0.0384. The van der Waals surface area contributed by atoms with Crippen molar-refractivity contribution in [1.29, 1.82) is 0 Å². The Hall–Kier alpha value is -1.69. The molecule has 1 saturated heterocycles. The lowest BCUT2D eigenvalue weighted by atomic mass is 10.1. The fourth-order valence-electron chi connectivity index (χ4n) is 2.78.